The second kappa shape index (κ2) is 10.8. The van der Waals surface area contributed by atoms with Crippen molar-refractivity contribution in [3.8, 4) is 17.2 Å². The number of rotatable bonds is 9. The Bertz CT molecular complexity index is 1310. The first-order valence-electron chi connectivity index (χ1n) is 11.4. The number of aliphatic hydroxyl groups excluding tert-OH is 1. The van der Waals surface area contributed by atoms with E-state index in [9.17, 15) is 19.8 Å². The molecule has 0 aromatic heterocycles. The van der Waals surface area contributed by atoms with E-state index < -0.39 is 23.5 Å². The molecule has 1 atom stereocenters. The number of ketones is 1. The molecule has 0 saturated heterocycles. The number of benzene rings is 3. The molecule has 0 saturated carbocycles. The number of allylic oxidation sites excluding steroid dienone is 1. The molecule has 3 aromatic rings. The average molecular weight is 486 g/mol. The number of phenols is 1. The van der Waals surface area contributed by atoms with Crippen LogP contribution in [0.2, 0.25) is 0 Å². The molecule has 184 valence electrons. The molecule has 0 aliphatic carbocycles. The normalized spacial score (nSPS) is 15.6. The van der Waals surface area contributed by atoms with Gasteiger partial charge in [0, 0.05) is 6.54 Å². The average Bonchev–Trinajstić information content (AvgIpc) is 3.16. The zero-order chi connectivity index (χ0) is 25.7. The van der Waals surface area contributed by atoms with Crippen molar-refractivity contribution >= 4 is 17.8 Å². The highest BCUT2D eigenvalue weighted by Crippen LogP contribution is 2.39. The fourth-order valence-corrected chi connectivity index (χ4v) is 4.25. The van der Waals surface area contributed by atoms with Gasteiger partial charge in [-0.15, -0.1) is 0 Å². The van der Waals surface area contributed by atoms with Crippen molar-refractivity contribution < 1.29 is 29.3 Å². The van der Waals surface area contributed by atoms with Crippen molar-refractivity contribution in [1.82, 2.24) is 4.90 Å². The number of hydrogen-bond donors (Lipinski definition) is 2. The Hall–Kier alpha value is -4.52. The van der Waals surface area contributed by atoms with Crippen molar-refractivity contribution in [3.05, 3.63) is 107 Å². The predicted octanol–water partition coefficient (Wildman–Crippen LogP) is 4.63. The van der Waals surface area contributed by atoms with E-state index in [1.165, 1.54) is 23.1 Å². The van der Waals surface area contributed by atoms with E-state index in [2.05, 4.69) is 0 Å². The number of methoxy groups -OCH3 is 2. The van der Waals surface area contributed by atoms with Gasteiger partial charge in [0.25, 0.3) is 5.91 Å². The van der Waals surface area contributed by atoms with E-state index in [1.807, 2.05) is 42.5 Å². The van der Waals surface area contributed by atoms with E-state index in [-0.39, 0.29) is 17.9 Å². The number of aromatic hydroxyl groups is 1. The van der Waals surface area contributed by atoms with Crippen LogP contribution in [0.5, 0.6) is 17.2 Å². The summed E-state index contributed by atoms with van der Waals surface area (Å²) in [7, 11) is 3.11. The monoisotopic (exact) mass is 485 g/mol. The summed E-state index contributed by atoms with van der Waals surface area (Å²) >= 11 is 0. The third kappa shape index (κ3) is 5.10. The molecule has 0 spiro atoms. The fraction of sp³-hybridized carbons (Fsp3) is 0.172. The highest BCUT2D eigenvalue weighted by Gasteiger charge is 2.42. The van der Waals surface area contributed by atoms with E-state index in [1.54, 1.807) is 38.5 Å². The highest BCUT2D eigenvalue weighted by atomic mass is 16.5. The van der Waals surface area contributed by atoms with Crippen molar-refractivity contribution in [2.45, 2.75) is 12.5 Å². The molecular weight excluding hydrogens is 458 g/mol. The van der Waals surface area contributed by atoms with Crippen LogP contribution in [0.25, 0.3) is 6.08 Å². The van der Waals surface area contributed by atoms with Gasteiger partial charge in [-0.1, -0.05) is 54.6 Å². The summed E-state index contributed by atoms with van der Waals surface area (Å²) in [6, 6.07) is 20.2. The summed E-state index contributed by atoms with van der Waals surface area (Å²) in [6.07, 6.45) is 3.46. The first kappa shape index (κ1) is 24.6. The predicted molar refractivity (Wildman–Crippen MR) is 136 cm³/mol. The summed E-state index contributed by atoms with van der Waals surface area (Å²) in [5.41, 5.74) is 2.33. The molecule has 1 amide bonds. The summed E-state index contributed by atoms with van der Waals surface area (Å²) in [6.45, 7) is 0.239. The first-order valence-corrected chi connectivity index (χ1v) is 11.4. The zero-order valence-electron chi connectivity index (χ0n) is 20.0. The molecule has 36 heavy (non-hydrogen) atoms. The lowest BCUT2D eigenvalue weighted by molar-refractivity contribution is -0.129. The summed E-state index contributed by atoms with van der Waals surface area (Å²) < 4.78 is 10.7. The zero-order valence-corrected chi connectivity index (χ0v) is 20.0. The van der Waals surface area contributed by atoms with Gasteiger partial charge in [-0.2, -0.15) is 0 Å². The van der Waals surface area contributed by atoms with E-state index in [4.69, 9.17) is 9.47 Å². The van der Waals surface area contributed by atoms with Gasteiger partial charge in [0.2, 0.25) is 0 Å². The third-order valence-corrected chi connectivity index (χ3v) is 6.09. The molecule has 0 radical (unpaired) electrons. The fourth-order valence-electron chi connectivity index (χ4n) is 4.25. The van der Waals surface area contributed by atoms with Crippen LogP contribution in [0.3, 0.4) is 0 Å². The van der Waals surface area contributed by atoms with Crippen LogP contribution in [-0.2, 0) is 16.0 Å². The van der Waals surface area contributed by atoms with Gasteiger partial charge in [-0.05, 0) is 53.5 Å². The minimum Gasteiger partial charge on any atom is -0.508 e. The molecule has 7 heteroatoms. The van der Waals surface area contributed by atoms with Crippen LogP contribution in [0, 0.1) is 0 Å². The van der Waals surface area contributed by atoms with Crippen molar-refractivity contribution in [2.75, 3.05) is 20.8 Å². The van der Waals surface area contributed by atoms with E-state index >= 15 is 0 Å². The van der Waals surface area contributed by atoms with E-state index in [0.717, 1.165) is 11.1 Å². The number of amides is 1. The van der Waals surface area contributed by atoms with Crippen LogP contribution in [0.15, 0.2) is 90.2 Å². The summed E-state index contributed by atoms with van der Waals surface area (Å²) in [5.74, 6) is -0.423. The summed E-state index contributed by atoms with van der Waals surface area (Å²) in [5, 5.41) is 20.5. The Morgan fingerprint density at radius 1 is 0.944 bits per heavy atom. The van der Waals surface area contributed by atoms with Crippen LogP contribution in [0.4, 0.5) is 0 Å². The lowest BCUT2D eigenvalue weighted by atomic mass is 9.95. The molecule has 3 aromatic carbocycles. The van der Waals surface area contributed by atoms with Crippen LogP contribution in [-0.4, -0.2) is 47.6 Å². The number of hydrogen-bond acceptors (Lipinski definition) is 6. The SMILES string of the molecule is COc1ccc(CCN2C(=O)C(O)=C(C(=O)/C=C/c3ccccc3)[C@H]2c2ccc(O)cc2)cc1OC. The lowest BCUT2D eigenvalue weighted by Gasteiger charge is -2.27. The highest BCUT2D eigenvalue weighted by molar-refractivity contribution is 6.14. The molecule has 0 fully saturated rings. The molecular formula is C29H27NO6. The van der Waals surface area contributed by atoms with Crippen LogP contribution in [0.1, 0.15) is 22.7 Å². The second-order valence-electron chi connectivity index (χ2n) is 8.30. The second-order valence-corrected chi connectivity index (χ2v) is 8.30. The van der Waals surface area contributed by atoms with E-state index in [0.29, 0.717) is 23.5 Å². The van der Waals surface area contributed by atoms with Gasteiger partial charge in [0.1, 0.15) is 5.75 Å². The molecule has 2 N–H and O–H groups in total. The van der Waals surface area contributed by atoms with Gasteiger partial charge in [0.05, 0.1) is 25.8 Å². The Kier molecular flexibility index (Phi) is 7.39. The Balaban J connectivity index is 1.64. The van der Waals surface area contributed by atoms with Crippen molar-refractivity contribution in [2.24, 2.45) is 0 Å². The molecule has 0 unspecified atom stereocenters. The molecule has 1 aliphatic heterocycles. The van der Waals surface area contributed by atoms with Gasteiger partial charge in [-0.25, -0.2) is 0 Å². The number of ether oxygens (including phenoxy) is 2. The maximum atomic E-state index is 13.2. The minimum absolute atomic E-state index is 0.00480. The van der Waals surface area contributed by atoms with Crippen LogP contribution >= 0.6 is 0 Å². The molecule has 1 heterocycles. The van der Waals surface area contributed by atoms with Gasteiger partial charge < -0.3 is 24.6 Å². The first-order chi connectivity index (χ1) is 17.4. The number of carbonyl (C=O) groups excluding carboxylic acids is 2. The standard InChI is InChI=1S/C29H27NO6/c1-35-24-15-9-20(18-25(24)36-2)16-17-30-27(21-10-12-22(31)13-11-21)26(28(33)29(30)34)23(32)14-8-19-6-4-3-5-7-19/h3-15,18,27,31,33H,16-17H2,1-2H3/b14-8+/t27-/m1/s1. The number of nitrogens with zero attached hydrogens (tertiary/aromatic N) is 1. The molecule has 7 nitrogen and oxygen atoms in total. The maximum Gasteiger partial charge on any atom is 0.290 e. The van der Waals surface area contributed by atoms with Crippen molar-refractivity contribution in [3.63, 3.8) is 0 Å². The molecule has 1 aliphatic rings. The van der Waals surface area contributed by atoms with Crippen molar-refractivity contribution in [1.29, 1.82) is 0 Å². The number of phenolic OH excluding ortho intramolecular Hbond substituents is 1. The smallest absolute Gasteiger partial charge is 0.290 e. The Morgan fingerprint density at radius 2 is 1.64 bits per heavy atom. The lowest BCUT2D eigenvalue weighted by Crippen LogP contribution is -2.33. The maximum absolute atomic E-state index is 13.2. The summed E-state index contributed by atoms with van der Waals surface area (Å²) in [4.78, 5) is 27.8. The van der Waals surface area contributed by atoms with Crippen LogP contribution < -0.4 is 9.47 Å². The quantitative estimate of drug-likeness (QED) is 0.429. The number of carbonyl (C=O) groups is 2. The minimum atomic E-state index is -0.800. The molecule has 0 bridgehead atoms. The number of aliphatic hydroxyl groups is 1. The van der Waals surface area contributed by atoms with Gasteiger partial charge in [-0.3, -0.25) is 9.59 Å². The topological polar surface area (TPSA) is 96.3 Å². The Morgan fingerprint density at radius 3 is 2.31 bits per heavy atom. The molecule has 4 rings (SSSR count). The van der Waals surface area contributed by atoms with Gasteiger partial charge >= 0.3 is 0 Å². The third-order valence-electron chi connectivity index (χ3n) is 6.09. The Labute approximate surface area is 209 Å². The van der Waals surface area contributed by atoms with Gasteiger partial charge in [0.15, 0.2) is 23.0 Å². The largest absolute Gasteiger partial charge is 0.508 e.